The van der Waals surface area contributed by atoms with Crippen LogP contribution in [0, 0.1) is 15.9 Å². The van der Waals surface area contributed by atoms with Gasteiger partial charge in [0.2, 0.25) is 5.91 Å². The predicted octanol–water partition coefficient (Wildman–Crippen LogP) is 2.94. The highest BCUT2D eigenvalue weighted by atomic mass is 19.1. The molecule has 0 saturated carbocycles. The SMILES string of the molecule is CC(=O)Nc1ccc(F)c(NC(=O)c2ccccc2[N+](=O)[O-])c1. The van der Waals surface area contributed by atoms with Gasteiger partial charge < -0.3 is 10.6 Å². The van der Waals surface area contributed by atoms with E-state index in [1.54, 1.807) is 0 Å². The van der Waals surface area contributed by atoms with Crippen molar-refractivity contribution < 1.29 is 18.9 Å². The van der Waals surface area contributed by atoms with Crippen molar-refractivity contribution in [3.05, 3.63) is 64.0 Å². The van der Waals surface area contributed by atoms with Crippen LogP contribution in [0.4, 0.5) is 21.5 Å². The van der Waals surface area contributed by atoms with Gasteiger partial charge in [-0.3, -0.25) is 19.7 Å². The van der Waals surface area contributed by atoms with Crippen molar-refractivity contribution >= 4 is 28.9 Å². The second-order valence-electron chi connectivity index (χ2n) is 4.60. The first-order valence-electron chi connectivity index (χ1n) is 6.50. The minimum absolute atomic E-state index is 0.193. The van der Waals surface area contributed by atoms with E-state index in [-0.39, 0.29) is 28.5 Å². The van der Waals surface area contributed by atoms with Gasteiger partial charge in [0, 0.05) is 18.7 Å². The molecule has 0 spiro atoms. The lowest BCUT2D eigenvalue weighted by Gasteiger charge is -2.09. The first-order valence-corrected chi connectivity index (χ1v) is 6.50. The van der Waals surface area contributed by atoms with Gasteiger partial charge in [-0.05, 0) is 24.3 Å². The maximum Gasteiger partial charge on any atom is 0.282 e. The first-order chi connectivity index (χ1) is 10.9. The number of nitro groups is 1. The summed E-state index contributed by atoms with van der Waals surface area (Å²) < 4.78 is 13.8. The number of nitrogens with one attached hydrogen (secondary N) is 2. The molecule has 23 heavy (non-hydrogen) atoms. The quantitative estimate of drug-likeness (QED) is 0.668. The number of benzene rings is 2. The third-order valence-electron chi connectivity index (χ3n) is 2.88. The Balaban J connectivity index is 2.30. The van der Waals surface area contributed by atoms with E-state index in [0.29, 0.717) is 0 Å². The molecule has 8 heteroatoms. The summed E-state index contributed by atoms with van der Waals surface area (Å²) in [6.45, 7) is 1.29. The number of halogens is 1. The maximum atomic E-state index is 13.8. The summed E-state index contributed by atoms with van der Waals surface area (Å²) in [6, 6.07) is 8.96. The van der Waals surface area contributed by atoms with Crippen LogP contribution in [0.2, 0.25) is 0 Å². The normalized spacial score (nSPS) is 10.0. The minimum atomic E-state index is -0.823. The van der Waals surface area contributed by atoms with Gasteiger partial charge in [0.1, 0.15) is 11.4 Å². The summed E-state index contributed by atoms with van der Waals surface area (Å²) in [7, 11) is 0. The Bertz CT molecular complexity index is 792. The molecular weight excluding hydrogens is 305 g/mol. The lowest BCUT2D eigenvalue weighted by molar-refractivity contribution is -0.385. The van der Waals surface area contributed by atoms with E-state index in [2.05, 4.69) is 10.6 Å². The summed E-state index contributed by atoms with van der Waals surface area (Å²) in [5.74, 6) is -1.91. The van der Waals surface area contributed by atoms with Crippen LogP contribution >= 0.6 is 0 Å². The number of hydrogen-bond donors (Lipinski definition) is 2. The van der Waals surface area contributed by atoms with Gasteiger partial charge in [-0.15, -0.1) is 0 Å². The Labute approximate surface area is 130 Å². The number of hydrogen-bond acceptors (Lipinski definition) is 4. The van der Waals surface area contributed by atoms with Gasteiger partial charge in [0.25, 0.3) is 11.6 Å². The number of para-hydroxylation sites is 1. The largest absolute Gasteiger partial charge is 0.326 e. The zero-order valence-electron chi connectivity index (χ0n) is 12.0. The molecule has 0 bridgehead atoms. The number of carbonyl (C=O) groups excluding carboxylic acids is 2. The molecule has 0 radical (unpaired) electrons. The second kappa shape index (κ2) is 6.65. The van der Waals surface area contributed by atoms with Crippen LogP contribution in [0.25, 0.3) is 0 Å². The molecule has 0 aliphatic rings. The number of anilines is 2. The molecule has 0 aliphatic carbocycles. The van der Waals surface area contributed by atoms with Crippen LogP contribution in [0.15, 0.2) is 42.5 Å². The van der Waals surface area contributed by atoms with E-state index in [0.717, 1.165) is 6.07 Å². The second-order valence-corrected chi connectivity index (χ2v) is 4.60. The molecule has 2 aromatic rings. The molecule has 0 aromatic heterocycles. The zero-order valence-corrected chi connectivity index (χ0v) is 12.0. The van der Waals surface area contributed by atoms with E-state index in [4.69, 9.17) is 0 Å². The zero-order chi connectivity index (χ0) is 17.0. The first kappa shape index (κ1) is 16.1. The van der Waals surface area contributed by atoms with E-state index in [9.17, 15) is 24.1 Å². The molecule has 0 heterocycles. The molecule has 2 rings (SSSR count). The summed E-state index contributed by atoms with van der Waals surface area (Å²) in [4.78, 5) is 33.4. The molecule has 118 valence electrons. The number of carbonyl (C=O) groups is 2. The standard InChI is InChI=1S/C15H12FN3O4/c1-9(20)17-10-6-7-12(16)13(8-10)18-15(21)11-4-2-3-5-14(11)19(22)23/h2-8H,1H3,(H,17,20)(H,18,21). The van der Waals surface area contributed by atoms with E-state index < -0.39 is 16.6 Å². The molecule has 2 N–H and O–H groups in total. The van der Waals surface area contributed by atoms with Crippen molar-refractivity contribution in [2.24, 2.45) is 0 Å². The van der Waals surface area contributed by atoms with Gasteiger partial charge in [-0.1, -0.05) is 12.1 Å². The molecule has 0 atom stereocenters. The highest BCUT2D eigenvalue weighted by Gasteiger charge is 2.20. The van der Waals surface area contributed by atoms with E-state index >= 15 is 0 Å². The van der Waals surface area contributed by atoms with Crippen LogP contribution in [0.5, 0.6) is 0 Å². The molecule has 0 aliphatic heterocycles. The Morgan fingerprint density at radius 2 is 1.83 bits per heavy atom. The summed E-state index contributed by atoms with van der Waals surface area (Å²) >= 11 is 0. The van der Waals surface area contributed by atoms with Crippen LogP contribution in [-0.2, 0) is 4.79 Å². The van der Waals surface area contributed by atoms with Crippen LogP contribution in [0.1, 0.15) is 17.3 Å². The smallest absolute Gasteiger partial charge is 0.282 e. The van der Waals surface area contributed by atoms with Crippen LogP contribution in [-0.4, -0.2) is 16.7 Å². The fraction of sp³-hybridized carbons (Fsp3) is 0.0667. The average Bonchev–Trinajstić information content (AvgIpc) is 2.50. The monoisotopic (exact) mass is 317 g/mol. The summed E-state index contributed by atoms with van der Waals surface area (Å²) in [6.07, 6.45) is 0. The van der Waals surface area contributed by atoms with Crippen molar-refractivity contribution in [2.75, 3.05) is 10.6 Å². The highest BCUT2D eigenvalue weighted by molar-refractivity contribution is 6.07. The van der Waals surface area contributed by atoms with Gasteiger partial charge in [-0.25, -0.2) is 4.39 Å². The Hall–Kier alpha value is -3.29. The van der Waals surface area contributed by atoms with Crippen molar-refractivity contribution in [1.29, 1.82) is 0 Å². The van der Waals surface area contributed by atoms with Gasteiger partial charge in [0.05, 0.1) is 10.6 Å². The fourth-order valence-electron chi connectivity index (χ4n) is 1.92. The number of rotatable bonds is 4. The van der Waals surface area contributed by atoms with Crippen LogP contribution < -0.4 is 10.6 Å². The fourth-order valence-corrected chi connectivity index (χ4v) is 1.92. The highest BCUT2D eigenvalue weighted by Crippen LogP contribution is 2.23. The number of nitrogens with zero attached hydrogens (tertiary/aromatic N) is 1. The Morgan fingerprint density at radius 1 is 1.13 bits per heavy atom. The molecule has 0 saturated heterocycles. The number of amides is 2. The van der Waals surface area contributed by atoms with Gasteiger partial charge >= 0.3 is 0 Å². The van der Waals surface area contributed by atoms with E-state index in [1.807, 2.05) is 0 Å². The molecule has 2 aromatic carbocycles. The molecular formula is C15H12FN3O4. The third-order valence-corrected chi connectivity index (χ3v) is 2.88. The van der Waals surface area contributed by atoms with Crippen molar-refractivity contribution in [2.45, 2.75) is 6.92 Å². The van der Waals surface area contributed by atoms with Crippen molar-refractivity contribution in [3.63, 3.8) is 0 Å². The lowest BCUT2D eigenvalue weighted by Crippen LogP contribution is -2.15. The molecule has 7 nitrogen and oxygen atoms in total. The Kier molecular flexibility index (Phi) is 4.65. The van der Waals surface area contributed by atoms with Gasteiger partial charge in [-0.2, -0.15) is 0 Å². The Morgan fingerprint density at radius 3 is 2.48 bits per heavy atom. The topological polar surface area (TPSA) is 101 Å². The predicted molar refractivity (Wildman–Crippen MR) is 81.8 cm³/mol. The third kappa shape index (κ3) is 3.88. The molecule has 0 unspecified atom stereocenters. The lowest BCUT2D eigenvalue weighted by atomic mass is 10.1. The maximum absolute atomic E-state index is 13.8. The molecule has 2 amide bonds. The number of nitro benzene ring substituents is 1. The molecule has 0 fully saturated rings. The minimum Gasteiger partial charge on any atom is -0.326 e. The summed E-state index contributed by atoms with van der Waals surface area (Å²) in [5.41, 5.74) is -0.485. The van der Waals surface area contributed by atoms with Gasteiger partial charge in [0.15, 0.2) is 0 Å². The van der Waals surface area contributed by atoms with Crippen molar-refractivity contribution in [3.8, 4) is 0 Å². The summed E-state index contributed by atoms with van der Waals surface area (Å²) in [5, 5.41) is 15.6. The van der Waals surface area contributed by atoms with E-state index in [1.165, 1.54) is 43.3 Å². The van der Waals surface area contributed by atoms with Crippen molar-refractivity contribution in [1.82, 2.24) is 0 Å². The average molecular weight is 317 g/mol. The van der Waals surface area contributed by atoms with Crippen LogP contribution in [0.3, 0.4) is 0 Å².